The number of hydrogen-bond donors (Lipinski definition) is 1. The van der Waals surface area contributed by atoms with Gasteiger partial charge < -0.3 is 10.1 Å². The number of nitrogens with one attached hydrogen (secondary N) is 1. The molecule has 0 spiro atoms. The van der Waals surface area contributed by atoms with Crippen LogP contribution in [0.15, 0.2) is 24.3 Å². The Morgan fingerprint density at radius 2 is 2.11 bits per heavy atom. The van der Waals surface area contributed by atoms with Crippen LogP contribution in [0.1, 0.15) is 37.8 Å². The molecule has 1 aromatic carbocycles. The lowest BCUT2D eigenvalue weighted by atomic mass is 10.0. The van der Waals surface area contributed by atoms with Gasteiger partial charge in [0.15, 0.2) is 0 Å². The van der Waals surface area contributed by atoms with Crippen LogP contribution in [0.2, 0.25) is 5.02 Å². The molecule has 4 heteroatoms. The number of carbonyl (C=O) groups excluding carboxylic acids is 1. The van der Waals surface area contributed by atoms with Crippen LogP contribution in [0.25, 0.3) is 0 Å². The van der Waals surface area contributed by atoms with Gasteiger partial charge in [-0.15, -0.1) is 0 Å². The van der Waals surface area contributed by atoms with Gasteiger partial charge in [-0.05, 0) is 43.4 Å². The maximum atomic E-state index is 11.3. The number of hydrogen-bond acceptors (Lipinski definition) is 3. The molecule has 0 saturated heterocycles. The van der Waals surface area contributed by atoms with Crippen LogP contribution in [0.4, 0.5) is 0 Å². The lowest BCUT2D eigenvalue weighted by molar-refractivity contribution is -0.143. The Kier molecular flexibility index (Phi) is 5.23. The van der Waals surface area contributed by atoms with Crippen molar-refractivity contribution in [3.63, 3.8) is 0 Å². The maximum Gasteiger partial charge on any atom is 0.307 e. The molecule has 104 valence electrons. The van der Waals surface area contributed by atoms with Crippen LogP contribution in [0.3, 0.4) is 0 Å². The summed E-state index contributed by atoms with van der Waals surface area (Å²) in [6, 6.07) is 8.27. The number of esters is 1. The molecule has 19 heavy (non-hydrogen) atoms. The number of benzene rings is 1. The summed E-state index contributed by atoms with van der Waals surface area (Å²) in [6.07, 6.45) is 2.92. The maximum absolute atomic E-state index is 11.3. The predicted octanol–water partition coefficient (Wildman–Crippen LogP) is 3.33. The first kappa shape index (κ1) is 14.4. The minimum atomic E-state index is -0.138. The Morgan fingerprint density at radius 3 is 2.68 bits per heavy atom. The SMILES string of the molecule is CCOC(=O)CCNC(c1ccc(Cl)cc1)C1CC1. The van der Waals surface area contributed by atoms with Crippen molar-refractivity contribution < 1.29 is 9.53 Å². The van der Waals surface area contributed by atoms with E-state index >= 15 is 0 Å². The summed E-state index contributed by atoms with van der Waals surface area (Å²) in [5.74, 6) is 0.545. The highest BCUT2D eigenvalue weighted by molar-refractivity contribution is 6.30. The van der Waals surface area contributed by atoms with Crippen molar-refractivity contribution in [2.24, 2.45) is 5.92 Å². The first-order valence-electron chi connectivity index (χ1n) is 6.85. The Bertz CT molecular complexity index is 415. The Balaban J connectivity index is 1.86. The van der Waals surface area contributed by atoms with Gasteiger partial charge in [0.1, 0.15) is 0 Å². The van der Waals surface area contributed by atoms with Gasteiger partial charge in [0, 0.05) is 17.6 Å². The van der Waals surface area contributed by atoms with E-state index in [4.69, 9.17) is 16.3 Å². The molecule has 2 rings (SSSR count). The summed E-state index contributed by atoms with van der Waals surface area (Å²) in [6.45, 7) is 2.93. The van der Waals surface area contributed by atoms with Crippen molar-refractivity contribution in [1.29, 1.82) is 0 Å². The van der Waals surface area contributed by atoms with E-state index < -0.39 is 0 Å². The zero-order valence-electron chi connectivity index (χ0n) is 11.2. The van der Waals surface area contributed by atoms with Gasteiger partial charge in [-0.1, -0.05) is 23.7 Å². The highest BCUT2D eigenvalue weighted by atomic mass is 35.5. The molecule has 0 radical (unpaired) electrons. The van der Waals surface area contributed by atoms with Crippen molar-refractivity contribution in [3.8, 4) is 0 Å². The third-order valence-electron chi connectivity index (χ3n) is 3.32. The van der Waals surface area contributed by atoms with Crippen LogP contribution in [-0.4, -0.2) is 19.1 Å². The fraction of sp³-hybridized carbons (Fsp3) is 0.533. The van der Waals surface area contributed by atoms with Crippen LogP contribution in [0, 0.1) is 5.92 Å². The third-order valence-corrected chi connectivity index (χ3v) is 3.57. The molecule has 3 nitrogen and oxygen atoms in total. The van der Waals surface area contributed by atoms with E-state index in [-0.39, 0.29) is 5.97 Å². The topological polar surface area (TPSA) is 38.3 Å². The first-order valence-corrected chi connectivity index (χ1v) is 7.23. The van der Waals surface area contributed by atoms with E-state index in [9.17, 15) is 4.79 Å². The molecular weight excluding hydrogens is 262 g/mol. The van der Waals surface area contributed by atoms with E-state index in [0.717, 1.165) is 5.02 Å². The Hall–Kier alpha value is -1.06. The zero-order valence-corrected chi connectivity index (χ0v) is 12.0. The molecule has 0 aromatic heterocycles. The number of halogens is 1. The normalized spacial score (nSPS) is 16.1. The van der Waals surface area contributed by atoms with E-state index in [1.54, 1.807) is 0 Å². The van der Waals surface area contributed by atoms with Crippen molar-refractivity contribution in [1.82, 2.24) is 5.32 Å². The molecule has 0 bridgehead atoms. The molecule has 1 atom stereocenters. The van der Waals surface area contributed by atoms with Gasteiger partial charge in [0.2, 0.25) is 0 Å². The summed E-state index contributed by atoms with van der Waals surface area (Å²) in [5.41, 5.74) is 1.25. The molecule has 0 aliphatic heterocycles. The van der Waals surface area contributed by atoms with Gasteiger partial charge in [0.25, 0.3) is 0 Å². The molecule has 1 aliphatic carbocycles. The van der Waals surface area contributed by atoms with Crippen LogP contribution < -0.4 is 5.32 Å². The fourth-order valence-electron chi connectivity index (χ4n) is 2.22. The standard InChI is InChI=1S/C15H20ClNO2/c1-2-19-14(18)9-10-17-15(11-3-4-11)12-5-7-13(16)8-6-12/h5-8,11,15,17H,2-4,9-10H2,1H3. The predicted molar refractivity (Wildman–Crippen MR) is 76.2 cm³/mol. The average molecular weight is 282 g/mol. The summed E-state index contributed by atoms with van der Waals surface area (Å²) in [5, 5.41) is 4.22. The molecule has 1 N–H and O–H groups in total. The number of carbonyl (C=O) groups is 1. The van der Waals surface area contributed by atoms with Crippen LogP contribution in [-0.2, 0) is 9.53 Å². The molecule has 0 amide bonds. The highest BCUT2D eigenvalue weighted by Gasteiger charge is 2.31. The quantitative estimate of drug-likeness (QED) is 0.779. The van der Waals surface area contributed by atoms with Gasteiger partial charge in [-0.2, -0.15) is 0 Å². The van der Waals surface area contributed by atoms with Gasteiger partial charge in [-0.25, -0.2) is 0 Å². The van der Waals surface area contributed by atoms with Gasteiger partial charge >= 0.3 is 5.97 Å². The second-order valence-corrected chi connectivity index (χ2v) is 5.31. The lowest BCUT2D eigenvalue weighted by Crippen LogP contribution is -2.26. The minimum absolute atomic E-state index is 0.138. The largest absolute Gasteiger partial charge is 0.466 e. The fourth-order valence-corrected chi connectivity index (χ4v) is 2.35. The molecule has 0 heterocycles. The molecule has 1 unspecified atom stereocenters. The highest BCUT2D eigenvalue weighted by Crippen LogP contribution is 2.41. The monoisotopic (exact) mass is 281 g/mol. The summed E-state index contributed by atoms with van der Waals surface area (Å²) in [4.78, 5) is 11.3. The molecule has 1 fully saturated rings. The second kappa shape index (κ2) is 6.92. The van der Waals surface area contributed by atoms with Crippen molar-refractivity contribution >= 4 is 17.6 Å². The van der Waals surface area contributed by atoms with Crippen LogP contribution >= 0.6 is 11.6 Å². The Morgan fingerprint density at radius 1 is 1.42 bits per heavy atom. The zero-order chi connectivity index (χ0) is 13.7. The van der Waals surface area contributed by atoms with E-state index in [0.29, 0.717) is 31.5 Å². The number of ether oxygens (including phenoxy) is 1. The molecule has 1 aromatic rings. The van der Waals surface area contributed by atoms with Gasteiger partial charge in [-0.3, -0.25) is 4.79 Å². The van der Waals surface area contributed by atoms with Crippen molar-refractivity contribution in [2.45, 2.75) is 32.2 Å². The summed E-state index contributed by atoms with van der Waals surface area (Å²) >= 11 is 5.91. The first-order chi connectivity index (χ1) is 9.20. The molecule has 1 aliphatic rings. The molecular formula is C15H20ClNO2. The van der Waals surface area contributed by atoms with E-state index in [2.05, 4.69) is 17.4 Å². The van der Waals surface area contributed by atoms with Gasteiger partial charge in [0.05, 0.1) is 13.0 Å². The van der Waals surface area contributed by atoms with Crippen LogP contribution in [0.5, 0.6) is 0 Å². The van der Waals surface area contributed by atoms with Crippen molar-refractivity contribution in [2.75, 3.05) is 13.2 Å². The average Bonchev–Trinajstić information content (AvgIpc) is 3.21. The van der Waals surface area contributed by atoms with Crippen molar-refractivity contribution in [3.05, 3.63) is 34.9 Å². The summed E-state index contributed by atoms with van der Waals surface area (Å²) < 4.78 is 4.92. The number of rotatable bonds is 7. The Labute approximate surface area is 119 Å². The summed E-state index contributed by atoms with van der Waals surface area (Å²) in [7, 11) is 0. The molecule has 1 saturated carbocycles. The minimum Gasteiger partial charge on any atom is -0.466 e. The third kappa shape index (κ3) is 4.51. The smallest absolute Gasteiger partial charge is 0.307 e. The van der Waals surface area contributed by atoms with E-state index in [1.807, 2.05) is 19.1 Å². The lowest BCUT2D eigenvalue weighted by Gasteiger charge is -2.18. The van der Waals surface area contributed by atoms with E-state index in [1.165, 1.54) is 18.4 Å². The second-order valence-electron chi connectivity index (χ2n) is 4.88.